The van der Waals surface area contributed by atoms with Crippen molar-refractivity contribution in [1.82, 2.24) is 9.47 Å². The highest BCUT2D eigenvalue weighted by Crippen LogP contribution is 2.29. The van der Waals surface area contributed by atoms with Crippen molar-refractivity contribution in [3.63, 3.8) is 0 Å². The van der Waals surface area contributed by atoms with Gasteiger partial charge >= 0.3 is 0 Å². The molecule has 1 amide bonds. The summed E-state index contributed by atoms with van der Waals surface area (Å²) in [7, 11) is 0. The van der Waals surface area contributed by atoms with Gasteiger partial charge in [-0.3, -0.25) is 19.1 Å². The molecule has 2 aliphatic heterocycles. The van der Waals surface area contributed by atoms with Crippen molar-refractivity contribution in [3.05, 3.63) is 101 Å². The van der Waals surface area contributed by atoms with E-state index in [1.165, 1.54) is 5.56 Å². The quantitative estimate of drug-likeness (QED) is 0.443. The lowest BCUT2D eigenvalue weighted by atomic mass is 10.0. The standard InChI is InChI=1S/C30H30N4O2/c35-29-21-28(25-13-5-7-15-27(25)34(29)24-11-2-1-3-12-24)32-19-17-31(18-20-32)22-30(36)33-16-8-10-23-9-4-6-14-26(23)33/h1-7,9,11-15,21H,8,10,16-20,22H2. The summed E-state index contributed by atoms with van der Waals surface area (Å²) in [6.45, 7) is 4.36. The fraction of sp³-hybridized carbons (Fsp3) is 0.267. The lowest BCUT2D eigenvalue weighted by Crippen LogP contribution is -2.51. The van der Waals surface area contributed by atoms with E-state index in [-0.39, 0.29) is 11.5 Å². The summed E-state index contributed by atoms with van der Waals surface area (Å²) in [5.41, 5.74) is 5.05. The third-order valence-electron chi connectivity index (χ3n) is 7.40. The predicted octanol–water partition coefficient (Wildman–Crippen LogP) is 4.09. The highest BCUT2D eigenvalue weighted by Gasteiger charge is 2.26. The first-order valence-corrected chi connectivity index (χ1v) is 12.7. The molecule has 0 aliphatic carbocycles. The van der Waals surface area contributed by atoms with Crippen LogP contribution in [0.5, 0.6) is 0 Å². The van der Waals surface area contributed by atoms with Gasteiger partial charge in [0.25, 0.3) is 5.56 Å². The van der Waals surface area contributed by atoms with Gasteiger partial charge in [-0.25, -0.2) is 0 Å². The van der Waals surface area contributed by atoms with Crippen molar-refractivity contribution < 1.29 is 4.79 Å². The molecular weight excluding hydrogens is 448 g/mol. The van der Waals surface area contributed by atoms with Gasteiger partial charge in [0.05, 0.1) is 17.7 Å². The highest BCUT2D eigenvalue weighted by molar-refractivity contribution is 5.96. The summed E-state index contributed by atoms with van der Waals surface area (Å²) < 4.78 is 1.78. The second-order valence-electron chi connectivity index (χ2n) is 9.60. The van der Waals surface area contributed by atoms with Crippen molar-refractivity contribution in [2.24, 2.45) is 0 Å². The zero-order chi connectivity index (χ0) is 24.5. The van der Waals surface area contributed by atoms with E-state index in [4.69, 9.17) is 0 Å². The van der Waals surface area contributed by atoms with Crippen LogP contribution in [-0.2, 0) is 11.2 Å². The number of anilines is 2. The summed E-state index contributed by atoms with van der Waals surface area (Å²) in [5.74, 6) is 0.173. The molecule has 6 heteroatoms. The monoisotopic (exact) mass is 478 g/mol. The molecule has 1 aromatic heterocycles. The zero-order valence-corrected chi connectivity index (χ0v) is 20.3. The molecule has 4 aromatic rings. The third kappa shape index (κ3) is 4.18. The van der Waals surface area contributed by atoms with Crippen LogP contribution in [0.1, 0.15) is 12.0 Å². The van der Waals surface area contributed by atoms with Gasteiger partial charge in [-0.2, -0.15) is 0 Å². The van der Waals surface area contributed by atoms with Crippen molar-refractivity contribution in [2.75, 3.05) is 49.1 Å². The summed E-state index contributed by atoms with van der Waals surface area (Å²) in [5, 5.41) is 1.07. The molecule has 0 unspecified atom stereocenters. The molecule has 0 spiro atoms. The number of para-hydroxylation sites is 3. The molecule has 6 nitrogen and oxygen atoms in total. The molecule has 0 atom stereocenters. The lowest BCUT2D eigenvalue weighted by Gasteiger charge is -2.38. The molecule has 0 saturated carbocycles. The van der Waals surface area contributed by atoms with Gasteiger partial charge in [0.1, 0.15) is 0 Å². The van der Waals surface area contributed by atoms with Gasteiger partial charge in [-0.15, -0.1) is 0 Å². The van der Waals surface area contributed by atoms with Crippen LogP contribution in [0.4, 0.5) is 11.4 Å². The Hall–Kier alpha value is -3.90. The summed E-state index contributed by atoms with van der Waals surface area (Å²) in [4.78, 5) is 32.9. The van der Waals surface area contributed by atoms with Crippen molar-refractivity contribution in [2.45, 2.75) is 12.8 Å². The van der Waals surface area contributed by atoms with E-state index in [1.54, 1.807) is 10.6 Å². The Labute approximate surface area is 211 Å². The maximum atomic E-state index is 13.3. The Morgan fingerprint density at radius 3 is 2.31 bits per heavy atom. The molecule has 0 radical (unpaired) electrons. The number of nitrogens with zero attached hydrogens (tertiary/aromatic N) is 4. The number of carbonyl (C=O) groups excluding carboxylic acids is 1. The second kappa shape index (κ2) is 9.63. The molecule has 0 bridgehead atoms. The van der Waals surface area contributed by atoms with Gasteiger partial charge in [0.15, 0.2) is 0 Å². The largest absolute Gasteiger partial charge is 0.368 e. The first kappa shape index (κ1) is 22.6. The number of piperazine rings is 1. The number of fused-ring (bicyclic) bond motifs is 2. The maximum Gasteiger partial charge on any atom is 0.257 e. The van der Waals surface area contributed by atoms with E-state index in [0.717, 1.165) is 73.5 Å². The Kier molecular flexibility index (Phi) is 6.03. The van der Waals surface area contributed by atoms with Crippen LogP contribution in [0.2, 0.25) is 0 Å². The molecule has 3 aromatic carbocycles. The van der Waals surface area contributed by atoms with Crippen LogP contribution in [0, 0.1) is 0 Å². The fourth-order valence-corrected chi connectivity index (χ4v) is 5.58. The van der Waals surface area contributed by atoms with E-state index in [9.17, 15) is 9.59 Å². The van der Waals surface area contributed by atoms with Crippen molar-refractivity contribution in [1.29, 1.82) is 0 Å². The fourth-order valence-electron chi connectivity index (χ4n) is 5.58. The Balaban J connectivity index is 1.20. The second-order valence-corrected chi connectivity index (χ2v) is 9.60. The maximum absolute atomic E-state index is 13.3. The van der Waals surface area contributed by atoms with Crippen LogP contribution in [-0.4, -0.2) is 54.6 Å². The lowest BCUT2D eigenvalue weighted by molar-refractivity contribution is -0.119. The smallest absolute Gasteiger partial charge is 0.257 e. The predicted molar refractivity (Wildman–Crippen MR) is 145 cm³/mol. The SMILES string of the molecule is O=C(CN1CCN(c2cc(=O)n(-c3ccccc3)c3ccccc23)CC1)N1CCCc2ccccc21. The number of hydrogen-bond donors (Lipinski definition) is 0. The van der Waals surface area contributed by atoms with Gasteiger partial charge in [-0.05, 0) is 42.7 Å². The first-order valence-electron chi connectivity index (χ1n) is 12.7. The molecule has 6 rings (SSSR count). The number of rotatable bonds is 4. The molecule has 36 heavy (non-hydrogen) atoms. The molecule has 0 N–H and O–H groups in total. The van der Waals surface area contributed by atoms with Gasteiger partial charge in [0.2, 0.25) is 5.91 Å². The number of aromatic nitrogens is 1. The van der Waals surface area contributed by atoms with Gasteiger partial charge < -0.3 is 9.80 Å². The summed E-state index contributed by atoms with van der Waals surface area (Å²) >= 11 is 0. The Bertz CT molecular complexity index is 1460. The van der Waals surface area contributed by atoms with Gasteiger partial charge in [-0.1, -0.05) is 54.6 Å². The number of pyridine rings is 1. The van der Waals surface area contributed by atoms with Crippen molar-refractivity contribution >= 4 is 28.2 Å². The molecule has 2 aliphatic rings. The molecule has 3 heterocycles. The highest BCUT2D eigenvalue weighted by atomic mass is 16.2. The molecular formula is C30H30N4O2. The zero-order valence-electron chi connectivity index (χ0n) is 20.3. The summed E-state index contributed by atoms with van der Waals surface area (Å²) in [6, 6.07) is 27.9. The Morgan fingerprint density at radius 1 is 0.750 bits per heavy atom. The number of benzene rings is 3. The number of aryl methyl sites for hydroxylation is 1. The van der Waals surface area contributed by atoms with Crippen LogP contribution < -0.4 is 15.4 Å². The average molecular weight is 479 g/mol. The Morgan fingerprint density at radius 2 is 1.47 bits per heavy atom. The van der Waals surface area contributed by atoms with Gasteiger partial charge in [0, 0.05) is 55.6 Å². The topological polar surface area (TPSA) is 48.8 Å². The van der Waals surface area contributed by atoms with E-state index >= 15 is 0 Å². The molecule has 1 fully saturated rings. The van der Waals surface area contributed by atoms with Crippen LogP contribution >= 0.6 is 0 Å². The number of amides is 1. The van der Waals surface area contributed by atoms with Crippen LogP contribution in [0.25, 0.3) is 16.6 Å². The minimum atomic E-state index is -0.0312. The van der Waals surface area contributed by atoms with E-state index in [0.29, 0.717) is 6.54 Å². The normalized spacial score (nSPS) is 16.2. The van der Waals surface area contributed by atoms with Crippen LogP contribution in [0.3, 0.4) is 0 Å². The number of hydrogen-bond acceptors (Lipinski definition) is 4. The number of carbonyl (C=O) groups is 1. The third-order valence-corrected chi connectivity index (χ3v) is 7.40. The molecule has 1 saturated heterocycles. The summed E-state index contributed by atoms with van der Waals surface area (Å²) in [6.07, 6.45) is 2.05. The van der Waals surface area contributed by atoms with Crippen LogP contribution in [0.15, 0.2) is 89.7 Å². The minimum Gasteiger partial charge on any atom is -0.368 e. The van der Waals surface area contributed by atoms with E-state index in [2.05, 4.69) is 28.0 Å². The van der Waals surface area contributed by atoms with E-state index < -0.39 is 0 Å². The average Bonchev–Trinajstić information content (AvgIpc) is 2.93. The molecule has 182 valence electrons. The van der Waals surface area contributed by atoms with E-state index in [1.807, 2.05) is 65.6 Å². The minimum absolute atomic E-state index is 0.0312. The first-order chi connectivity index (χ1) is 17.7. The van der Waals surface area contributed by atoms with Crippen molar-refractivity contribution in [3.8, 4) is 5.69 Å².